The van der Waals surface area contributed by atoms with Gasteiger partial charge in [0.1, 0.15) is 5.82 Å². The summed E-state index contributed by atoms with van der Waals surface area (Å²) in [4.78, 5) is 28.7. The molecule has 3 aromatic carbocycles. The number of thioether (sulfide) groups is 1. The number of anilines is 2. The molecule has 1 fully saturated rings. The van der Waals surface area contributed by atoms with E-state index in [9.17, 15) is 14.0 Å². The molecule has 7 heteroatoms. The first kappa shape index (κ1) is 19.2. The lowest BCUT2D eigenvalue weighted by Gasteiger charge is -2.33. The summed E-state index contributed by atoms with van der Waals surface area (Å²) in [6.07, 6.45) is 0. The van der Waals surface area contributed by atoms with Gasteiger partial charge >= 0.3 is 0 Å². The molecule has 0 bridgehead atoms. The molecule has 0 saturated carbocycles. The zero-order chi connectivity index (χ0) is 20.9. The van der Waals surface area contributed by atoms with Gasteiger partial charge in [0.25, 0.3) is 5.91 Å². The van der Waals surface area contributed by atoms with E-state index >= 15 is 0 Å². The number of hydrogen-bond donors (Lipinski definition) is 0. The zero-order valence-corrected chi connectivity index (χ0v) is 17.3. The minimum Gasteiger partial charge on any atom is -0.304 e. The Morgan fingerprint density at radius 1 is 0.967 bits per heavy atom. The Labute approximate surface area is 182 Å². The molecule has 2 aliphatic heterocycles. The minimum atomic E-state index is -1.22. The maximum atomic E-state index is 14.3. The first-order chi connectivity index (χ1) is 14.5. The maximum absolute atomic E-state index is 14.3. The van der Waals surface area contributed by atoms with E-state index in [0.29, 0.717) is 22.0 Å². The molecule has 3 aromatic rings. The second kappa shape index (κ2) is 7.15. The topological polar surface area (TPSA) is 40.6 Å². The number of hydrogen-bond acceptors (Lipinski definition) is 3. The van der Waals surface area contributed by atoms with Gasteiger partial charge in [0.05, 0.1) is 18.0 Å². The van der Waals surface area contributed by atoms with Crippen LogP contribution in [-0.2, 0) is 21.0 Å². The number of halogens is 2. The van der Waals surface area contributed by atoms with Crippen LogP contribution in [0.5, 0.6) is 0 Å². The van der Waals surface area contributed by atoms with Crippen molar-refractivity contribution in [2.45, 2.75) is 11.4 Å². The van der Waals surface area contributed by atoms with Crippen LogP contribution < -0.4 is 9.80 Å². The van der Waals surface area contributed by atoms with Crippen LogP contribution in [0.15, 0.2) is 72.8 Å². The summed E-state index contributed by atoms with van der Waals surface area (Å²) in [7, 11) is 0. The van der Waals surface area contributed by atoms with Crippen molar-refractivity contribution in [1.82, 2.24) is 0 Å². The number of benzene rings is 3. The average Bonchev–Trinajstić information content (AvgIpc) is 3.22. The maximum Gasteiger partial charge on any atom is 0.269 e. The molecule has 2 amide bonds. The summed E-state index contributed by atoms with van der Waals surface area (Å²) in [5, 5.41) is 0.548. The molecule has 0 unspecified atom stereocenters. The fourth-order valence-corrected chi connectivity index (χ4v) is 5.59. The van der Waals surface area contributed by atoms with E-state index in [2.05, 4.69) is 0 Å². The molecule has 2 aliphatic rings. The van der Waals surface area contributed by atoms with Gasteiger partial charge in [0.2, 0.25) is 10.8 Å². The SMILES string of the molecule is O=C1CS[C@]2(C(=O)N(Cc3ccccc3F)c3ccccc32)N1c1ccc(Cl)cc1. The standard InChI is InChI=1S/C23H16ClFN2O2S/c24-16-9-11-17(12-10-16)27-21(28)14-30-23(27)18-6-2-4-8-20(18)26(22(23)29)13-15-5-1-3-7-19(15)25/h1-12H,13-14H2/t23-/m1/s1. The molecular formula is C23H16ClFN2O2S. The fraction of sp³-hybridized carbons (Fsp3) is 0.130. The van der Waals surface area contributed by atoms with Crippen LogP contribution in [-0.4, -0.2) is 17.6 Å². The molecule has 1 atom stereocenters. The van der Waals surface area contributed by atoms with Gasteiger partial charge in [-0.2, -0.15) is 0 Å². The number of carbonyl (C=O) groups excluding carboxylic acids is 2. The highest BCUT2D eigenvalue weighted by molar-refractivity contribution is 8.02. The van der Waals surface area contributed by atoms with Crippen molar-refractivity contribution in [3.8, 4) is 0 Å². The van der Waals surface area contributed by atoms with Gasteiger partial charge in [-0.1, -0.05) is 48.0 Å². The van der Waals surface area contributed by atoms with Crippen molar-refractivity contribution < 1.29 is 14.0 Å². The van der Waals surface area contributed by atoms with Crippen LogP contribution in [0.4, 0.5) is 15.8 Å². The monoisotopic (exact) mass is 438 g/mol. The number of carbonyl (C=O) groups is 2. The molecule has 0 radical (unpaired) electrons. The fourth-order valence-electron chi connectivity index (χ4n) is 4.10. The highest BCUT2D eigenvalue weighted by Crippen LogP contribution is 2.56. The van der Waals surface area contributed by atoms with Gasteiger partial charge in [0, 0.05) is 21.8 Å². The highest BCUT2D eigenvalue weighted by Gasteiger charge is 2.60. The summed E-state index contributed by atoms with van der Waals surface area (Å²) >= 11 is 7.32. The highest BCUT2D eigenvalue weighted by atomic mass is 35.5. The van der Waals surface area contributed by atoms with Crippen LogP contribution in [0.2, 0.25) is 5.02 Å². The molecule has 0 aliphatic carbocycles. The molecule has 0 aromatic heterocycles. The number of fused-ring (bicyclic) bond motifs is 2. The van der Waals surface area contributed by atoms with E-state index in [1.165, 1.54) is 17.8 Å². The van der Waals surface area contributed by atoms with Gasteiger partial charge in [-0.15, -0.1) is 11.8 Å². The molecule has 1 spiro atoms. The van der Waals surface area contributed by atoms with Crippen LogP contribution >= 0.6 is 23.4 Å². The predicted octanol–water partition coefficient (Wildman–Crippen LogP) is 4.96. The van der Waals surface area contributed by atoms with E-state index in [0.717, 1.165) is 5.56 Å². The minimum absolute atomic E-state index is 0.0908. The Hall–Kier alpha value is -2.83. The lowest BCUT2D eigenvalue weighted by Crippen LogP contribution is -2.49. The number of para-hydroxylation sites is 1. The summed E-state index contributed by atoms with van der Waals surface area (Å²) in [6, 6.07) is 20.7. The lowest BCUT2D eigenvalue weighted by atomic mass is 10.0. The number of nitrogens with zero attached hydrogens (tertiary/aromatic N) is 2. The van der Waals surface area contributed by atoms with Crippen molar-refractivity contribution in [3.05, 3.63) is 94.8 Å². The number of amides is 2. The lowest BCUT2D eigenvalue weighted by molar-refractivity contribution is -0.123. The third kappa shape index (κ3) is 2.75. The Morgan fingerprint density at radius 3 is 2.43 bits per heavy atom. The van der Waals surface area contributed by atoms with Crippen molar-refractivity contribution in [1.29, 1.82) is 0 Å². The average molecular weight is 439 g/mol. The summed E-state index contributed by atoms with van der Waals surface area (Å²) in [5.74, 6) is -0.597. The molecule has 150 valence electrons. The van der Waals surface area contributed by atoms with Gasteiger partial charge < -0.3 is 4.90 Å². The van der Waals surface area contributed by atoms with Gasteiger partial charge in [0.15, 0.2) is 0 Å². The summed E-state index contributed by atoms with van der Waals surface area (Å²) < 4.78 is 14.3. The number of rotatable bonds is 3. The summed E-state index contributed by atoms with van der Waals surface area (Å²) in [6.45, 7) is 0.0908. The van der Waals surface area contributed by atoms with Crippen molar-refractivity contribution in [2.24, 2.45) is 0 Å². The smallest absolute Gasteiger partial charge is 0.269 e. The Bertz CT molecular complexity index is 1170. The van der Waals surface area contributed by atoms with Crippen molar-refractivity contribution in [3.63, 3.8) is 0 Å². The van der Waals surface area contributed by atoms with E-state index in [1.54, 1.807) is 52.3 Å². The van der Waals surface area contributed by atoms with Crippen LogP contribution in [0.3, 0.4) is 0 Å². The van der Waals surface area contributed by atoms with Gasteiger partial charge in [-0.25, -0.2) is 4.39 Å². The molecule has 30 heavy (non-hydrogen) atoms. The predicted molar refractivity (Wildman–Crippen MR) is 117 cm³/mol. The zero-order valence-electron chi connectivity index (χ0n) is 15.7. The molecule has 2 heterocycles. The van der Waals surface area contributed by atoms with Crippen LogP contribution in [0.25, 0.3) is 0 Å². The quantitative estimate of drug-likeness (QED) is 0.580. The molecule has 0 N–H and O–H groups in total. The van der Waals surface area contributed by atoms with E-state index in [4.69, 9.17) is 11.6 Å². The molecule has 4 nitrogen and oxygen atoms in total. The van der Waals surface area contributed by atoms with Crippen LogP contribution in [0.1, 0.15) is 11.1 Å². The third-order valence-electron chi connectivity index (χ3n) is 5.43. The largest absolute Gasteiger partial charge is 0.304 e. The Balaban J connectivity index is 1.65. The first-order valence-electron chi connectivity index (χ1n) is 9.40. The van der Waals surface area contributed by atoms with Crippen molar-refractivity contribution >= 4 is 46.6 Å². The first-order valence-corrected chi connectivity index (χ1v) is 10.8. The second-order valence-electron chi connectivity index (χ2n) is 7.14. The molecule has 1 saturated heterocycles. The third-order valence-corrected chi connectivity index (χ3v) is 7.07. The van der Waals surface area contributed by atoms with Gasteiger partial charge in [-0.3, -0.25) is 14.5 Å². The Morgan fingerprint density at radius 2 is 1.67 bits per heavy atom. The van der Waals surface area contributed by atoms with Crippen molar-refractivity contribution in [2.75, 3.05) is 15.6 Å². The second-order valence-corrected chi connectivity index (χ2v) is 8.74. The summed E-state index contributed by atoms with van der Waals surface area (Å²) in [5.41, 5.74) is 2.44. The Kier molecular flexibility index (Phi) is 4.56. The molecular weight excluding hydrogens is 423 g/mol. The molecule has 5 rings (SSSR count). The van der Waals surface area contributed by atoms with E-state index in [-0.39, 0.29) is 29.9 Å². The van der Waals surface area contributed by atoms with E-state index < -0.39 is 4.87 Å². The van der Waals surface area contributed by atoms with Crippen LogP contribution in [0, 0.1) is 5.82 Å². The van der Waals surface area contributed by atoms with Gasteiger partial charge in [-0.05, 0) is 36.4 Å². The normalized spacial score (nSPS) is 20.3. The van der Waals surface area contributed by atoms with E-state index in [1.807, 2.05) is 24.3 Å².